The van der Waals surface area contributed by atoms with Gasteiger partial charge in [0.15, 0.2) is 0 Å². The highest BCUT2D eigenvalue weighted by atomic mass is 16.5. The first kappa shape index (κ1) is 20.0. The summed E-state index contributed by atoms with van der Waals surface area (Å²) in [5.74, 6) is 1.90. The molecule has 30 heavy (non-hydrogen) atoms. The Kier molecular flexibility index (Phi) is 4.71. The van der Waals surface area contributed by atoms with Crippen molar-refractivity contribution in [2.75, 3.05) is 0 Å². The van der Waals surface area contributed by atoms with E-state index in [2.05, 4.69) is 23.4 Å². The molecule has 5 rings (SSSR count). The molecule has 0 aromatic carbocycles. The number of fused-ring (bicyclic) bond motifs is 5. The van der Waals surface area contributed by atoms with Gasteiger partial charge in [0, 0.05) is 41.9 Å². The van der Waals surface area contributed by atoms with Crippen molar-refractivity contribution in [3.05, 3.63) is 24.3 Å². The molecule has 7 atom stereocenters. The van der Waals surface area contributed by atoms with Gasteiger partial charge < -0.3 is 9.30 Å². The van der Waals surface area contributed by atoms with E-state index in [0.717, 1.165) is 36.8 Å². The lowest BCUT2D eigenvalue weighted by molar-refractivity contribution is -0.180. The number of carbonyl (C=O) groups is 2. The molecule has 4 aliphatic carbocycles. The Bertz CT molecular complexity index is 875. The van der Waals surface area contributed by atoms with Crippen molar-refractivity contribution >= 4 is 18.0 Å². The van der Waals surface area contributed by atoms with Crippen LogP contribution in [0.4, 0.5) is 0 Å². The van der Waals surface area contributed by atoms with Crippen LogP contribution in [0.2, 0.25) is 0 Å². The number of aldehydes is 1. The van der Waals surface area contributed by atoms with Gasteiger partial charge in [-0.3, -0.25) is 9.59 Å². The maximum absolute atomic E-state index is 12.1. The monoisotopic (exact) mass is 410 g/mol. The number of aromatic nitrogens is 2. The molecule has 1 heterocycles. The smallest absolute Gasteiger partial charge is 0.302 e. The highest BCUT2D eigenvalue weighted by Gasteiger charge is 2.62. The number of carbonyl (C=O) groups excluding carboxylic acids is 2. The van der Waals surface area contributed by atoms with Gasteiger partial charge in [0.1, 0.15) is 12.4 Å². The van der Waals surface area contributed by atoms with E-state index in [1.54, 1.807) is 13.1 Å². The van der Waals surface area contributed by atoms with Crippen molar-refractivity contribution in [1.82, 2.24) is 9.55 Å². The van der Waals surface area contributed by atoms with E-state index in [9.17, 15) is 9.59 Å². The average molecular weight is 411 g/mol. The predicted octanol–water partition coefficient (Wildman–Crippen LogP) is 4.88. The summed E-state index contributed by atoms with van der Waals surface area (Å²) in [5, 5.41) is 0. The lowest BCUT2D eigenvalue weighted by atomic mass is 9.44. The SMILES string of the molecule is CC(=O)OC1CC2C3CC(C=O)=C(n4ccnc4)C3(C)CCC2C2(C)CCCCC12. The van der Waals surface area contributed by atoms with Crippen LogP contribution in [0, 0.1) is 34.5 Å². The molecule has 5 heteroatoms. The Morgan fingerprint density at radius 2 is 2.03 bits per heavy atom. The summed E-state index contributed by atoms with van der Waals surface area (Å²) in [6, 6.07) is 0. The van der Waals surface area contributed by atoms with Crippen molar-refractivity contribution in [3.8, 4) is 0 Å². The van der Waals surface area contributed by atoms with E-state index >= 15 is 0 Å². The summed E-state index contributed by atoms with van der Waals surface area (Å²) in [5.41, 5.74) is 2.29. The van der Waals surface area contributed by atoms with E-state index in [4.69, 9.17) is 4.74 Å². The van der Waals surface area contributed by atoms with Crippen molar-refractivity contribution in [1.29, 1.82) is 0 Å². The minimum Gasteiger partial charge on any atom is -0.462 e. The van der Waals surface area contributed by atoms with Gasteiger partial charge in [-0.05, 0) is 61.7 Å². The number of hydrogen-bond acceptors (Lipinski definition) is 4. The van der Waals surface area contributed by atoms with Crippen LogP contribution in [0.3, 0.4) is 0 Å². The topological polar surface area (TPSA) is 61.2 Å². The molecule has 3 saturated carbocycles. The van der Waals surface area contributed by atoms with Gasteiger partial charge in [0.25, 0.3) is 0 Å². The summed E-state index contributed by atoms with van der Waals surface area (Å²) < 4.78 is 8.04. The Balaban J connectivity index is 1.54. The molecule has 3 fully saturated rings. The van der Waals surface area contributed by atoms with Crippen LogP contribution in [-0.2, 0) is 14.3 Å². The molecule has 5 nitrogen and oxygen atoms in total. The number of rotatable bonds is 3. The maximum Gasteiger partial charge on any atom is 0.302 e. The molecule has 7 unspecified atom stereocenters. The third-order valence-electron chi connectivity index (χ3n) is 9.46. The van der Waals surface area contributed by atoms with Gasteiger partial charge in [-0.25, -0.2) is 4.98 Å². The number of allylic oxidation sites excluding steroid dienone is 2. The number of ether oxygens (including phenoxy) is 1. The zero-order valence-corrected chi connectivity index (χ0v) is 18.5. The van der Waals surface area contributed by atoms with Crippen LogP contribution in [0.1, 0.15) is 72.1 Å². The minimum atomic E-state index is -0.151. The molecule has 0 amide bonds. The van der Waals surface area contributed by atoms with Gasteiger partial charge in [-0.1, -0.05) is 26.7 Å². The third kappa shape index (κ3) is 2.76. The minimum absolute atomic E-state index is 0.0216. The molecule has 1 aromatic heterocycles. The quantitative estimate of drug-likeness (QED) is 0.526. The molecular weight excluding hydrogens is 376 g/mol. The molecular formula is C25H34N2O3. The molecule has 0 bridgehead atoms. The molecule has 0 N–H and O–H groups in total. The first-order valence-corrected chi connectivity index (χ1v) is 11.7. The molecule has 1 aromatic rings. The fourth-order valence-corrected chi connectivity index (χ4v) is 8.31. The van der Waals surface area contributed by atoms with Crippen LogP contribution in [0.25, 0.3) is 5.70 Å². The first-order valence-electron chi connectivity index (χ1n) is 11.7. The molecule has 162 valence electrons. The standard InChI is InChI=1S/C25H34N2O3/c1-16(29)30-22-13-18-19(24(2)8-5-4-6-20(22)24)7-9-25(3)21(18)12-17(14-28)23(25)27-11-10-26-15-27/h10-11,14-15,18-22H,4-9,12-13H2,1-3H3. The lowest BCUT2D eigenvalue weighted by Crippen LogP contribution is -2.57. The Hall–Kier alpha value is -1.91. The summed E-state index contributed by atoms with van der Waals surface area (Å²) >= 11 is 0. The Morgan fingerprint density at radius 1 is 1.20 bits per heavy atom. The van der Waals surface area contributed by atoms with Gasteiger partial charge in [0.2, 0.25) is 0 Å². The lowest BCUT2D eigenvalue weighted by Gasteiger charge is -2.61. The first-order chi connectivity index (χ1) is 14.4. The summed E-state index contributed by atoms with van der Waals surface area (Å²) in [6.07, 6.45) is 15.7. The van der Waals surface area contributed by atoms with E-state index in [0.29, 0.717) is 23.7 Å². The highest BCUT2D eigenvalue weighted by Crippen LogP contribution is 2.68. The normalized spacial score (nSPS) is 42.8. The van der Waals surface area contributed by atoms with Crippen LogP contribution < -0.4 is 0 Å². The van der Waals surface area contributed by atoms with E-state index in [1.165, 1.54) is 32.1 Å². The summed E-state index contributed by atoms with van der Waals surface area (Å²) in [4.78, 5) is 28.3. The van der Waals surface area contributed by atoms with E-state index < -0.39 is 0 Å². The van der Waals surface area contributed by atoms with Crippen LogP contribution >= 0.6 is 0 Å². The number of esters is 1. The Morgan fingerprint density at radius 3 is 2.73 bits per heavy atom. The zero-order chi connectivity index (χ0) is 21.1. The third-order valence-corrected chi connectivity index (χ3v) is 9.46. The summed E-state index contributed by atoms with van der Waals surface area (Å²) in [7, 11) is 0. The summed E-state index contributed by atoms with van der Waals surface area (Å²) in [6.45, 7) is 6.39. The van der Waals surface area contributed by atoms with Gasteiger partial charge in [0.05, 0.1) is 6.33 Å². The molecule has 4 aliphatic rings. The molecule has 0 spiro atoms. The average Bonchev–Trinajstić information content (AvgIpc) is 3.32. The highest BCUT2D eigenvalue weighted by molar-refractivity contribution is 5.86. The molecule has 0 aliphatic heterocycles. The fraction of sp³-hybridized carbons (Fsp3) is 0.720. The van der Waals surface area contributed by atoms with Gasteiger partial charge in [-0.15, -0.1) is 0 Å². The zero-order valence-electron chi connectivity index (χ0n) is 18.5. The largest absolute Gasteiger partial charge is 0.462 e. The van der Waals surface area contributed by atoms with Crippen molar-refractivity contribution < 1.29 is 14.3 Å². The van der Waals surface area contributed by atoms with Crippen LogP contribution in [0.15, 0.2) is 24.3 Å². The van der Waals surface area contributed by atoms with Crippen molar-refractivity contribution in [2.45, 2.75) is 78.2 Å². The molecule has 0 radical (unpaired) electrons. The maximum atomic E-state index is 12.1. The number of hydrogen-bond donors (Lipinski definition) is 0. The second-order valence-corrected chi connectivity index (χ2v) is 10.7. The van der Waals surface area contributed by atoms with Crippen molar-refractivity contribution in [3.63, 3.8) is 0 Å². The second-order valence-electron chi connectivity index (χ2n) is 10.7. The van der Waals surface area contributed by atoms with Crippen LogP contribution in [-0.4, -0.2) is 27.9 Å². The fourth-order valence-electron chi connectivity index (χ4n) is 8.31. The Labute approximate surface area is 179 Å². The van der Waals surface area contributed by atoms with Crippen molar-refractivity contribution in [2.24, 2.45) is 34.5 Å². The predicted molar refractivity (Wildman–Crippen MR) is 114 cm³/mol. The van der Waals surface area contributed by atoms with Gasteiger partial charge in [-0.2, -0.15) is 0 Å². The van der Waals surface area contributed by atoms with Gasteiger partial charge >= 0.3 is 5.97 Å². The van der Waals surface area contributed by atoms with E-state index in [1.807, 2.05) is 12.5 Å². The second kappa shape index (κ2) is 7.06. The molecule has 0 saturated heterocycles. The number of nitrogens with zero attached hydrogens (tertiary/aromatic N) is 2. The van der Waals surface area contributed by atoms with E-state index in [-0.39, 0.29) is 22.9 Å². The number of imidazole rings is 1. The van der Waals surface area contributed by atoms with Crippen LogP contribution in [0.5, 0.6) is 0 Å².